The molecule has 1 aromatic heterocycles. The third-order valence-corrected chi connectivity index (χ3v) is 9.56. The van der Waals surface area contributed by atoms with E-state index in [4.69, 9.17) is 0 Å². The summed E-state index contributed by atoms with van der Waals surface area (Å²) in [6, 6.07) is 6.92. The van der Waals surface area contributed by atoms with Crippen molar-refractivity contribution in [2.75, 3.05) is 0 Å². The van der Waals surface area contributed by atoms with Crippen LogP contribution in [-0.2, 0) is 23.7 Å². The molecule has 0 radical (unpaired) electrons. The molecule has 2 atom stereocenters. The molecule has 2 aliphatic carbocycles. The van der Waals surface area contributed by atoms with Crippen LogP contribution in [0.15, 0.2) is 47.9 Å². The van der Waals surface area contributed by atoms with Gasteiger partial charge in [-0.3, -0.25) is 4.55 Å². The highest BCUT2D eigenvalue weighted by atomic mass is 32.2. The smallest absolute Gasteiger partial charge is 0.282 e. The average molecular weight is 446 g/mol. The number of hydrogen-bond acceptors (Lipinski definition) is 2. The first-order valence-corrected chi connectivity index (χ1v) is 13.2. The van der Waals surface area contributed by atoms with E-state index in [0.717, 1.165) is 6.54 Å². The van der Waals surface area contributed by atoms with Gasteiger partial charge < -0.3 is 0 Å². The summed E-state index contributed by atoms with van der Waals surface area (Å²) in [4.78, 5) is -0.0189. The van der Waals surface area contributed by atoms with Crippen LogP contribution in [0.1, 0.15) is 76.7 Å². The number of benzene rings is 1. The Morgan fingerprint density at radius 2 is 1.68 bits per heavy atom. The van der Waals surface area contributed by atoms with Gasteiger partial charge in [-0.05, 0) is 78.9 Å². The summed E-state index contributed by atoms with van der Waals surface area (Å²) in [6.45, 7) is 5.87. The Balaban J connectivity index is 1.51. The molecule has 6 heteroatoms. The summed E-state index contributed by atoms with van der Waals surface area (Å²) in [5.41, 5.74) is 1.91. The molecule has 2 fully saturated rings. The van der Waals surface area contributed by atoms with E-state index in [1.165, 1.54) is 56.9 Å². The fourth-order valence-electron chi connectivity index (χ4n) is 6.71. The van der Waals surface area contributed by atoms with Crippen molar-refractivity contribution in [3.8, 4) is 0 Å². The van der Waals surface area contributed by atoms with E-state index in [-0.39, 0.29) is 4.90 Å². The number of nitrogens with zero attached hydrogens (tertiary/aromatic N) is 2. The minimum Gasteiger partial charge on any atom is -0.282 e. The van der Waals surface area contributed by atoms with Crippen LogP contribution in [0.5, 0.6) is 0 Å². The van der Waals surface area contributed by atoms with Gasteiger partial charge in [-0.15, -0.1) is 0 Å². The number of imidazole rings is 1. The second kappa shape index (κ2) is 8.36. The highest BCUT2D eigenvalue weighted by Crippen LogP contribution is 2.63. The summed E-state index contributed by atoms with van der Waals surface area (Å²) in [5, 5.41) is 0. The van der Waals surface area contributed by atoms with Crippen molar-refractivity contribution >= 4 is 10.1 Å². The lowest BCUT2D eigenvalue weighted by molar-refractivity contribution is -0.671. The fourth-order valence-corrected chi connectivity index (χ4v) is 7.19. The van der Waals surface area contributed by atoms with Crippen LogP contribution in [0, 0.1) is 16.7 Å². The monoisotopic (exact) mass is 445 g/mol. The first-order valence-electron chi connectivity index (χ1n) is 11.7. The third-order valence-electron chi connectivity index (χ3n) is 8.69. The molecule has 0 amide bonds. The van der Waals surface area contributed by atoms with Crippen LogP contribution < -0.4 is 4.57 Å². The predicted molar refractivity (Wildman–Crippen MR) is 121 cm³/mol. The minimum atomic E-state index is -4.14. The van der Waals surface area contributed by atoms with Crippen molar-refractivity contribution in [2.24, 2.45) is 23.8 Å². The maximum Gasteiger partial charge on any atom is 0.294 e. The molecular formula is C25H37N2O3S+. The van der Waals surface area contributed by atoms with Gasteiger partial charge in [-0.25, -0.2) is 9.13 Å². The van der Waals surface area contributed by atoms with E-state index in [9.17, 15) is 13.0 Å². The molecule has 4 rings (SSSR count). The van der Waals surface area contributed by atoms with E-state index >= 15 is 0 Å². The summed E-state index contributed by atoms with van der Waals surface area (Å²) in [6.07, 6.45) is 16.7. The molecule has 5 nitrogen and oxygen atoms in total. The molecule has 0 aliphatic heterocycles. The molecule has 31 heavy (non-hydrogen) atoms. The number of aryl methyl sites for hydroxylation is 2. The van der Waals surface area contributed by atoms with Gasteiger partial charge in [0.05, 0.1) is 18.5 Å². The molecule has 1 heterocycles. The molecule has 1 aromatic carbocycles. The summed E-state index contributed by atoms with van der Waals surface area (Å²) < 4.78 is 36.5. The van der Waals surface area contributed by atoms with Gasteiger partial charge in [0, 0.05) is 0 Å². The molecule has 0 saturated heterocycles. The van der Waals surface area contributed by atoms with Crippen LogP contribution in [0.3, 0.4) is 0 Å². The largest absolute Gasteiger partial charge is 0.294 e. The topological polar surface area (TPSA) is 63.2 Å². The van der Waals surface area contributed by atoms with Crippen LogP contribution >= 0.6 is 0 Å². The summed E-state index contributed by atoms with van der Waals surface area (Å²) >= 11 is 0. The lowest BCUT2D eigenvalue weighted by Crippen LogP contribution is -2.46. The van der Waals surface area contributed by atoms with E-state index in [0.29, 0.717) is 22.7 Å². The van der Waals surface area contributed by atoms with Crippen molar-refractivity contribution in [1.82, 2.24) is 4.57 Å². The zero-order chi connectivity index (χ0) is 22.3. The van der Waals surface area contributed by atoms with Crippen molar-refractivity contribution in [3.05, 3.63) is 48.5 Å². The normalized spacial score (nSPS) is 28.3. The molecular weight excluding hydrogens is 408 g/mol. The Morgan fingerprint density at radius 3 is 2.23 bits per heavy atom. The molecule has 2 aromatic rings. The first kappa shape index (κ1) is 22.5. The van der Waals surface area contributed by atoms with E-state index < -0.39 is 10.1 Å². The minimum absolute atomic E-state index is 0.0189. The Labute approximate surface area is 187 Å². The van der Waals surface area contributed by atoms with Gasteiger partial charge in [0.2, 0.25) is 6.33 Å². The van der Waals surface area contributed by atoms with Crippen molar-refractivity contribution < 1.29 is 17.5 Å². The number of fused-ring (bicyclic) bond motifs is 2. The zero-order valence-electron chi connectivity index (χ0n) is 19.1. The lowest BCUT2D eigenvalue weighted by atomic mass is 9.47. The van der Waals surface area contributed by atoms with E-state index in [2.05, 4.69) is 48.8 Å². The number of aromatic nitrogens is 2. The number of hydrogen-bond donors (Lipinski definition) is 1. The molecule has 0 spiro atoms. The maximum atomic E-state index is 11.4. The lowest BCUT2D eigenvalue weighted by Gasteiger charge is -2.57. The number of rotatable bonds is 7. The van der Waals surface area contributed by atoms with Gasteiger partial charge in [-0.2, -0.15) is 8.42 Å². The van der Waals surface area contributed by atoms with Crippen LogP contribution in [0.2, 0.25) is 0 Å². The van der Waals surface area contributed by atoms with Gasteiger partial charge in [0.25, 0.3) is 10.1 Å². The molecule has 2 saturated carbocycles. The van der Waals surface area contributed by atoms with E-state index in [1.54, 1.807) is 12.1 Å². The fraction of sp³-hybridized carbons (Fsp3) is 0.640. The van der Waals surface area contributed by atoms with Crippen LogP contribution in [-0.4, -0.2) is 17.5 Å². The Kier molecular flexibility index (Phi) is 6.08. The van der Waals surface area contributed by atoms with Crippen LogP contribution in [0.4, 0.5) is 0 Å². The third kappa shape index (κ3) is 4.47. The maximum absolute atomic E-state index is 11.4. The van der Waals surface area contributed by atoms with Crippen LogP contribution in [0.25, 0.3) is 0 Å². The van der Waals surface area contributed by atoms with Gasteiger partial charge in [0.15, 0.2) is 0 Å². The molecule has 1 N–H and O–H groups in total. The first-order chi connectivity index (χ1) is 14.6. The van der Waals surface area contributed by atoms with Gasteiger partial charge >= 0.3 is 0 Å². The second-order valence-corrected chi connectivity index (χ2v) is 11.8. The quantitative estimate of drug-likeness (QED) is 0.475. The Morgan fingerprint density at radius 1 is 1.06 bits per heavy atom. The molecule has 2 bridgehead atoms. The van der Waals surface area contributed by atoms with Crippen molar-refractivity contribution in [3.63, 3.8) is 0 Å². The SMILES string of the molecule is CC(CCn1cc[n+](C)c1)C12CCCC(C(C)c3ccc(S(=O)(=O)O)cc3)(CCC1)C2. The zero-order valence-corrected chi connectivity index (χ0v) is 19.9. The second-order valence-electron chi connectivity index (χ2n) is 10.4. The highest BCUT2D eigenvalue weighted by Gasteiger charge is 2.52. The average Bonchev–Trinajstić information content (AvgIpc) is 3.16. The Hall–Kier alpha value is -1.66. The van der Waals surface area contributed by atoms with E-state index in [1.807, 2.05) is 12.1 Å². The summed E-state index contributed by atoms with van der Waals surface area (Å²) in [5.74, 6) is 1.08. The van der Waals surface area contributed by atoms with Gasteiger partial charge in [0.1, 0.15) is 12.4 Å². The Bertz CT molecular complexity index is 1000. The molecule has 2 aliphatic rings. The highest BCUT2D eigenvalue weighted by molar-refractivity contribution is 7.85. The molecule has 170 valence electrons. The van der Waals surface area contributed by atoms with Crippen molar-refractivity contribution in [2.45, 2.75) is 82.6 Å². The molecule has 2 unspecified atom stereocenters. The predicted octanol–water partition coefficient (Wildman–Crippen LogP) is 5.12. The summed E-state index contributed by atoms with van der Waals surface area (Å²) in [7, 11) is -2.07. The van der Waals surface area contributed by atoms with Crippen molar-refractivity contribution in [1.29, 1.82) is 0 Å². The standard InChI is InChI=1S/C25H36N2O3S/c1-20(10-15-27-17-16-26(3)19-27)24-11-4-13-25(18-24,14-5-12-24)21(2)22-6-8-23(9-7-22)31(28,29)30/h6-9,16-17,19-21H,4-5,10-15,18H2,1-3H3/p+1. The van der Waals surface area contributed by atoms with Gasteiger partial charge in [-0.1, -0.05) is 38.8 Å².